The number of likely N-dealkylation sites (N-methyl/N-ethyl adjacent to an activating group) is 1. The topological polar surface area (TPSA) is 43.9 Å². The lowest BCUT2D eigenvalue weighted by Gasteiger charge is -2.38. The average molecular weight is 398 g/mol. The van der Waals surface area contributed by atoms with E-state index in [0.29, 0.717) is 19.5 Å². The first kappa shape index (κ1) is 19.2. The highest BCUT2D eigenvalue weighted by Gasteiger charge is 2.36. The predicted molar refractivity (Wildman–Crippen MR) is 111 cm³/mol. The summed E-state index contributed by atoms with van der Waals surface area (Å²) in [6.07, 6.45) is 2.85. The second-order valence-corrected chi connectivity index (χ2v) is 8.79. The highest BCUT2D eigenvalue weighted by atomic mass is 32.1. The van der Waals surface area contributed by atoms with Crippen LogP contribution in [0.4, 0.5) is 0 Å². The van der Waals surface area contributed by atoms with E-state index in [1.54, 1.807) is 16.2 Å². The molecule has 0 radical (unpaired) electrons. The fraction of sp³-hybridized carbons (Fsp3) is 0.455. The Labute approximate surface area is 170 Å². The van der Waals surface area contributed by atoms with Gasteiger partial charge in [-0.2, -0.15) is 0 Å². The molecule has 1 saturated heterocycles. The van der Waals surface area contributed by atoms with Crippen molar-refractivity contribution < 1.29 is 9.59 Å². The van der Waals surface area contributed by atoms with Gasteiger partial charge in [-0.1, -0.05) is 30.3 Å². The molecule has 1 aromatic carbocycles. The van der Waals surface area contributed by atoms with Gasteiger partial charge in [0.15, 0.2) is 0 Å². The third kappa shape index (κ3) is 4.13. The van der Waals surface area contributed by atoms with Crippen LogP contribution < -0.4 is 0 Å². The van der Waals surface area contributed by atoms with Crippen LogP contribution in [0.1, 0.15) is 28.8 Å². The molecule has 1 atom stereocenters. The quantitative estimate of drug-likeness (QED) is 0.779. The van der Waals surface area contributed by atoms with Crippen molar-refractivity contribution in [2.24, 2.45) is 0 Å². The molecule has 0 aliphatic carbocycles. The molecular formula is C22H27N3O2S. The number of benzene rings is 1. The lowest BCUT2D eigenvalue weighted by Crippen LogP contribution is -2.53. The second-order valence-electron chi connectivity index (χ2n) is 7.76. The van der Waals surface area contributed by atoms with Crippen molar-refractivity contribution in [1.29, 1.82) is 0 Å². The molecule has 2 aliphatic heterocycles. The summed E-state index contributed by atoms with van der Waals surface area (Å²) < 4.78 is 0. The summed E-state index contributed by atoms with van der Waals surface area (Å²) in [4.78, 5) is 33.1. The number of hydrogen-bond acceptors (Lipinski definition) is 4. The van der Waals surface area contributed by atoms with E-state index in [2.05, 4.69) is 17.0 Å². The molecule has 0 spiro atoms. The molecule has 28 heavy (non-hydrogen) atoms. The normalized spacial score (nSPS) is 19.5. The molecular weight excluding hydrogens is 370 g/mol. The van der Waals surface area contributed by atoms with E-state index in [1.165, 1.54) is 16.0 Å². The standard InChI is InChI=1S/C22H27N3O2S/c1-23(15-19-9-6-12-28-19)21(26)16-25-14-18-8-3-2-7-17(18)13-20(25)22(27)24-10-4-5-11-24/h2-3,6-9,12,20H,4-5,10-11,13-16H2,1H3. The Morgan fingerprint density at radius 1 is 1.11 bits per heavy atom. The summed E-state index contributed by atoms with van der Waals surface area (Å²) in [5, 5.41) is 2.03. The average Bonchev–Trinajstić information content (AvgIpc) is 3.41. The van der Waals surface area contributed by atoms with Crippen LogP contribution in [0.15, 0.2) is 41.8 Å². The summed E-state index contributed by atoms with van der Waals surface area (Å²) in [6.45, 7) is 3.24. The van der Waals surface area contributed by atoms with Crippen LogP contribution in [0.25, 0.3) is 0 Å². The third-order valence-corrected chi connectivity index (χ3v) is 6.65. The Morgan fingerprint density at radius 2 is 1.86 bits per heavy atom. The minimum Gasteiger partial charge on any atom is -0.341 e. The minimum atomic E-state index is -0.243. The zero-order valence-corrected chi connectivity index (χ0v) is 17.2. The highest BCUT2D eigenvalue weighted by molar-refractivity contribution is 7.09. The van der Waals surface area contributed by atoms with Gasteiger partial charge < -0.3 is 9.80 Å². The molecule has 0 N–H and O–H groups in total. The van der Waals surface area contributed by atoms with Crippen molar-refractivity contribution in [2.45, 2.75) is 38.4 Å². The SMILES string of the molecule is CN(Cc1cccs1)C(=O)CN1Cc2ccccc2CC1C(=O)N1CCCC1. The maximum absolute atomic E-state index is 13.2. The third-order valence-electron chi connectivity index (χ3n) is 5.79. The number of carbonyl (C=O) groups excluding carboxylic acids is 2. The Morgan fingerprint density at radius 3 is 2.57 bits per heavy atom. The molecule has 1 fully saturated rings. The molecule has 1 aromatic heterocycles. The molecule has 5 nitrogen and oxygen atoms in total. The Bertz CT molecular complexity index is 830. The summed E-state index contributed by atoms with van der Waals surface area (Å²) >= 11 is 1.66. The zero-order valence-electron chi connectivity index (χ0n) is 16.3. The Hall–Kier alpha value is -2.18. The van der Waals surface area contributed by atoms with Gasteiger partial charge in [-0.05, 0) is 41.8 Å². The molecule has 0 saturated carbocycles. The molecule has 2 amide bonds. The van der Waals surface area contributed by atoms with Gasteiger partial charge in [0.1, 0.15) is 0 Å². The monoisotopic (exact) mass is 397 g/mol. The van der Waals surface area contributed by atoms with Gasteiger partial charge in [0.05, 0.1) is 19.1 Å². The molecule has 148 valence electrons. The fourth-order valence-electron chi connectivity index (χ4n) is 4.15. The largest absolute Gasteiger partial charge is 0.341 e. The minimum absolute atomic E-state index is 0.0620. The van der Waals surface area contributed by atoms with E-state index >= 15 is 0 Å². The first-order valence-electron chi connectivity index (χ1n) is 9.98. The number of amides is 2. The maximum atomic E-state index is 13.2. The van der Waals surface area contributed by atoms with Crippen molar-refractivity contribution in [3.05, 3.63) is 57.8 Å². The van der Waals surface area contributed by atoms with Crippen molar-refractivity contribution in [3.63, 3.8) is 0 Å². The number of fused-ring (bicyclic) bond motifs is 1. The first-order chi connectivity index (χ1) is 13.6. The van der Waals surface area contributed by atoms with Crippen LogP contribution in [0, 0.1) is 0 Å². The van der Waals surface area contributed by atoms with Crippen LogP contribution in [-0.2, 0) is 29.1 Å². The molecule has 0 bridgehead atoms. The van der Waals surface area contributed by atoms with E-state index in [0.717, 1.165) is 25.9 Å². The molecule has 4 rings (SSSR count). The van der Waals surface area contributed by atoms with Crippen LogP contribution in [-0.4, -0.2) is 59.2 Å². The molecule has 6 heteroatoms. The van der Waals surface area contributed by atoms with E-state index in [9.17, 15) is 9.59 Å². The van der Waals surface area contributed by atoms with Crippen molar-refractivity contribution in [2.75, 3.05) is 26.7 Å². The molecule has 2 aliphatic rings. The zero-order chi connectivity index (χ0) is 19.5. The van der Waals surface area contributed by atoms with Gasteiger partial charge in [0.2, 0.25) is 11.8 Å². The van der Waals surface area contributed by atoms with Crippen LogP contribution >= 0.6 is 11.3 Å². The molecule has 3 heterocycles. The van der Waals surface area contributed by atoms with E-state index in [4.69, 9.17) is 0 Å². The van der Waals surface area contributed by atoms with Gasteiger partial charge >= 0.3 is 0 Å². The summed E-state index contributed by atoms with van der Waals surface area (Å²) in [5.41, 5.74) is 2.46. The number of thiophene rings is 1. The predicted octanol–water partition coefficient (Wildman–Crippen LogP) is 2.76. The number of hydrogen-bond donors (Lipinski definition) is 0. The lowest BCUT2D eigenvalue weighted by atomic mass is 9.93. The lowest BCUT2D eigenvalue weighted by molar-refractivity contribution is -0.139. The number of rotatable bonds is 5. The van der Waals surface area contributed by atoms with Crippen LogP contribution in [0.3, 0.4) is 0 Å². The second kappa shape index (κ2) is 8.45. The van der Waals surface area contributed by atoms with E-state index < -0.39 is 0 Å². The van der Waals surface area contributed by atoms with Crippen molar-refractivity contribution >= 4 is 23.2 Å². The fourth-order valence-corrected chi connectivity index (χ4v) is 4.91. The number of nitrogens with zero attached hydrogens (tertiary/aromatic N) is 3. The highest BCUT2D eigenvalue weighted by Crippen LogP contribution is 2.25. The van der Waals surface area contributed by atoms with Crippen molar-refractivity contribution in [3.8, 4) is 0 Å². The van der Waals surface area contributed by atoms with E-state index in [-0.39, 0.29) is 24.4 Å². The number of carbonyl (C=O) groups is 2. The van der Waals surface area contributed by atoms with Gasteiger partial charge in [-0.25, -0.2) is 0 Å². The summed E-state index contributed by atoms with van der Waals surface area (Å²) in [5.74, 6) is 0.243. The Kier molecular flexibility index (Phi) is 5.78. The smallest absolute Gasteiger partial charge is 0.240 e. The van der Waals surface area contributed by atoms with Gasteiger partial charge in [0, 0.05) is 31.6 Å². The van der Waals surface area contributed by atoms with Crippen LogP contribution in [0.5, 0.6) is 0 Å². The van der Waals surface area contributed by atoms with Gasteiger partial charge in [-0.15, -0.1) is 11.3 Å². The Balaban J connectivity index is 1.50. The first-order valence-corrected chi connectivity index (χ1v) is 10.9. The number of likely N-dealkylation sites (tertiary alicyclic amines) is 1. The van der Waals surface area contributed by atoms with E-state index in [1.807, 2.05) is 41.6 Å². The summed E-state index contributed by atoms with van der Waals surface area (Å²) in [6, 6.07) is 12.1. The van der Waals surface area contributed by atoms with Crippen molar-refractivity contribution in [1.82, 2.24) is 14.7 Å². The molecule has 2 aromatic rings. The van der Waals surface area contributed by atoms with Crippen LogP contribution in [0.2, 0.25) is 0 Å². The van der Waals surface area contributed by atoms with Gasteiger partial charge in [0.25, 0.3) is 0 Å². The van der Waals surface area contributed by atoms with Gasteiger partial charge in [-0.3, -0.25) is 14.5 Å². The molecule has 1 unspecified atom stereocenters. The summed E-state index contributed by atoms with van der Waals surface area (Å²) in [7, 11) is 1.84. The maximum Gasteiger partial charge on any atom is 0.240 e.